The van der Waals surface area contributed by atoms with Crippen LogP contribution in [0.2, 0.25) is 0 Å². The summed E-state index contributed by atoms with van der Waals surface area (Å²) >= 11 is 0.758. The lowest BCUT2D eigenvalue weighted by Gasteiger charge is -2.39. The maximum Gasteiger partial charge on any atom is 0.225 e. The fraction of sp³-hybridized carbons (Fsp3) is 0.667. The largest absolute Gasteiger partial charge is 0.374 e. The van der Waals surface area contributed by atoms with Crippen LogP contribution < -0.4 is 10.0 Å². The van der Waals surface area contributed by atoms with Crippen molar-refractivity contribution in [1.82, 2.24) is 14.4 Å². The molecular formula is C12H20FN5O2S. The zero-order chi connectivity index (χ0) is 15.4. The smallest absolute Gasteiger partial charge is 0.225 e. The van der Waals surface area contributed by atoms with Gasteiger partial charge in [0.25, 0.3) is 0 Å². The van der Waals surface area contributed by atoms with Crippen molar-refractivity contribution in [3.63, 3.8) is 0 Å². The first-order chi connectivity index (χ1) is 9.99. The van der Waals surface area contributed by atoms with Crippen molar-refractivity contribution in [3.8, 4) is 0 Å². The van der Waals surface area contributed by atoms with E-state index in [0.29, 0.717) is 25.5 Å². The van der Waals surface area contributed by atoms with Crippen molar-refractivity contribution in [2.45, 2.75) is 38.5 Å². The highest BCUT2D eigenvalue weighted by molar-refractivity contribution is 7.94. The fourth-order valence-corrected chi connectivity index (χ4v) is 2.71. The van der Waals surface area contributed by atoms with Gasteiger partial charge in [-0.15, -0.1) is 4.47 Å². The van der Waals surface area contributed by atoms with Crippen LogP contribution in [0.3, 0.4) is 0 Å². The van der Waals surface area contributed by atoms with Crippen molar-refractivity contribution < 1.29 is 14.3 Å². The maximum atomic E-state index is 12.9. The van der Waals surface area contributed by atoms with Gasteiger partial charge in [0.2, 0.25) is 5.95 Å². The molecule has 0 aromatic carbocycles. The van der Waals surface area contributed by atoms with Crippen LogP contribution in [-0.2, 0) is 4.74 Å². The molecule has 0 amide bonds. The third kappa shape index (κ3) is 4.48. The molecule has 2 unspecified atom stereocenters. The van der Waals surface area contributed by atoms with E-state index in [1.807, 2.05) is 18.7 Å². The summed E-state index contributed by atoms with van der Waals surface area (Å²) in [6.45, 7) is 4.99. The highest BCUT2D eigenvalue weighted by Crippen LogP contribution is 2.23. The first-order valence-electron chi connectivity index (χ1n) is 6.72. The van der Waals surface area contributed by atoms with Crippen LogP contribution in [0.25, 0.3) is 0 Å². The number of rotatable bonds is 5. The topological polar surface area (TPSA) is 87.7 Å². The van der Waals surface area contributed by atoms with E-state index in [9.17, 15) is 9.60 Å². The van der Waals surface area contributed by atoms with Gasteiger partial charge >= 0.3 is 0 Å². The van der Waals surface area contributed by atoms with E-state index in [1.54, 1.807) is 0 Å². The van der Waals surface area contributed by atoms with E-state index in [4.69, 9.17) is 9.88 Å². The van der Waals surface area contributed by atoms with E-state index >= 15 is 0 Å². The van der Waals surface area contributed by atoms with E-state index < -0.39 is 5.82 Å². The summed E-state index contributed by atoms with van der Waals surface area (Å²) < 4.78 is 19.8. The molecule has 1 fully saturated rings. The molecule has 0 spiro atoms. The molecule has 1 aliphatic rings. The van der Waals surface area contributed by atoms with Gasteiger partial charge in [0.05, 0.1) is 30.6 Å². The van der Waals surface area contributed by atoms with Crippen LogP contribution in [0, 0.1) is 5.82 Å². The number of nitrogens with two attached hydrogens (primary N) is 1. The van der Waals surface area contributed by atoms with Gasteiger partial charge in [0.1, 0.15) is 0 Å². The molecule has 2 atom stereocenters. The summed E-state index contributed by atoms with van der Waals surface area (Å²) in [5, 5.41) is 15.2. The lowest BCUT2D eigenvalue weighted by molar-refractivity contribution is -0.0669. The summed E-state index contributed by atoms with van der Waals surface area (Å²) in [6, 6.07) is -0.217. The number of piperidine rings is 1. The molecule has 0 saturated carbocycles. The number of anilines is 1. The third-order valence-corrected chi connectivity index (χ3v) is 3.68. The average Bonchev–Trinajstić information content (AvgIpc) is 2.46. The molecule has 0 radical (unpaired) electrons. The minimum atomic E-state index is -0.483. The summed E-state index contributed by atoms with van der Waals surface area (Å²) in [6.07, 6.45) is 2.88. The molecule has 9 heteroatoms. The van der Waals surface area contributed by atoms with Crippen LogP contribution in [0.4, 0.5) is 10.3 Å². The molecule has 2 rings (SSSR count). The molecule has 1 saturated heterocycles. The zero-order valence-corrected chi connectivity index (χ0v) is 12.8. The number of hydrogen-bond acceptors (Lipinski definition) is 8. The monoisotopic (exact) mass is 317 g/mol. The molecular weight excluding hydrogens is 297 g/mol. The number of halogens is 1. The second-order valence-electron chi connectivity index (χ2n) is 5.21. The highest BCUT2D eigenvalue weighted by Gasteiger charge is 2.33. The Kier molecular flexibility index (Phi) is 5.71. The standard InChI is InChI=1S/C12H20FN5O2S/c1-8(2)20-11-3-10(18(19)21-14)6-17(7-11)12-15-4-9(13)5-16-12/h4-5,8,10-11,19H,3,6-7,14H2,1-2H3. The lowest BCUT2D eigenvalue weighted by atomic mass is 10.0. The number of hydrogen-bond donors (Lipinski definition) is 2. The maximum absolute atomic E-state index is 12.9. The van der Waals surface area contributed by atoms with Gasteiger partial charge in [-0.1, -0.05) is 0 Å². The Hall–Kier alpha value is -1.00. The first kappa shape index (κ1) is 16.4. The van der Waals surface area contributed by atoms with Crippen molar-refractivity contribution in [1.29, 1.82) is 0 Å². The van der Waals surface area contributed by atoms with Gasteiger partial charge in [-0.3, -0.25) is 5.14 Å². The summed E-state index contributed by atoms with van der Waals surface area (Å²) in [4.78, 5) is 9.82. The Morgan fingerprint density at radius 3 is 2.71 bits per heavy atom. The van der Waals surface area contributed by atoms with Gasteiger partial charge in [0, 0.05) is 25.2 Å². The zero-order valence-electron chi connectivity index (χ0n) is 12.0. The molecule has 1 aromatic rings. The van der Waals surface area contributed by atoms with Crippen molar-refractivity contribution in [2.75, 3.05) is 18.0 Å². The Labute approximate surface area is 127 Å². The second-order valence-corrected chi connectivity index (χ2v) is 5.80. The van der Waals surface area contributed by atoms with Crippen LogP contribution in [0.1, 0.15) is 20.3 Å². The Morgan fingerprint density at radius 1 is 1.48 bits per heavy atom. The number of aromatic nitrogens is 2. The third-order valence-electron chi connectivity index (χ3n) is 3.16. The second kappa shape index (κ2) is 7.32. The van der Waals surface area contributed by atoms with Crippen molar-refractivity contribution in [3.05, 3.63) is 18.2 Å². The van der Waals surface area contributed by atoms with E-state index in [2.05, 4.69) is 9.97 Å². The van der Waals surface area contributed by atoms with Gasteiger partial charge in [-0.2, -0.15) is 0 Å². The van der Waals surface area contributed by atoms with Gasteiger partial charge < -0.3 is 14.8 Å². The summed E-state index contributed by atoms with van der Waals surface area (Å²) in [5.41, 5.74) is 0. The van der Waals surface area contributed by atoms with Gasteiger partial charge in [0.15, 0.2) is 5.82 Å². The SMILES string of the molecule is CC(C)OC1CC(N(O)SN)CN(c2ncc(F)cn2)C1. The highest BCUT2D eigenvalue weighted by atomic mass is 32.2. The van der Waals surface area contributed by atoms with Crippen LogP contribution in [0.5, 0.6) is 0 Å². The van der Waals surface area contributed by atoms with Crippen LogP contribution in [0.15, 0.2) is 12.4 Å². The molecule has 21 heavy (non-hydrogen) atoms. The van der Waals surface area contributed by atoms with Crippen LogP contribution in [-0.4, -0.2) is 51.0 Å². The Balaban J connectivity index is 2.13. The summed E-state index contributed by atoms with van der Waals surface area (Å²) in [5.74, 6) is -0.0718. The molecule has 1 aromatic heterocycles. The van der Waals surface area contributed by atoms with E-state index in [0.717, 1.165) is 29.0 Å². The minimum Gasteiger partial charge on any atom is -0.374 e. The Morgan fingerprint density at radius 2 is 2.14 bits per heavy atom. The van der Waals surface area contributed by atoms with E-state index in [-0.39, 0.29) is 18.2 Å². The quantitative estimate of drug-likeness (QED) is 0.619. The molecule has 3 N–H and O–H groups in total. The molecule has 2 heterocycles. The van der Waals surface area contributed by atoms with Crippen molar-refractivity contribution in [2.24, 2.45) is 5.14 Å². The predicted molar refractivity (Wildman–Crippen MR) is 78.0 cm³/mol. The number of ether oxygens (including phenoxy) is 1. The van der Waals surface area contributed by atoms with Crippen molar-refractivity contribution >= 4 is 18.1 Å². The van der Waals surface area contributed by atoms with Gasteiger partial charge in [-0.05, 0) is 20.3 Å². The lowest BCUT2D eigenvalue weighted by Crippen LogP contribution is -2.52. The summed E-state index contributed by atoms with van der Waals surface area (Å²) in [7, 11) is 0. The van der Waals surface area contributed by atoms with Crippen LogP contribution >= 0.6 is 12.1 Å². The average molecular weight is 317 g/mol. The number of nitrogens with zero attached hydrogens (tertiary/aromatic N) is 4. The first-order valence-corrected chi connectivity index (χ1v) is 7.56. The molecule has 0 aliphatic carbocycles. The minimum absolute atomic E-state index is 0.0717. The number of hydroxylamine groups is 1. The predicted octanol–water partition coefficient (Wildman–Crippen LogP) is 1.20. The van der Waals surface area contributed by atoms with Gasteiger partial charge in [-0.25, -0.2) is 14.4 Å². The molecule has 0 bridgehead atoms. The molecule has 118 valence electrons. The molecule has 1 aliphatic heterocycles. The normalized spacial score (nSPS) is 23.1. The van der Waals surface area contributed by atoms with E-state index in [1.165, 1.54) is 0 Å². The Bertz CT molecular complexity index is 450. The molecule has 7 nitrogen and oxygen atoms in total. The fourth-order valence-electron chi connectivity index (χ4n) is 2.39.